The van der Waals surface area contributed by atoms with Crippen molar-refractivity contribution < 1.29 is 12.6 Å². The van der Waals surface area contributed by atoms with Crippen molar-refractivity contribution >= 4 is 33.7 Å². The fraction of sp³-hybridized carbons (Fsp3) is 0.0909. The number of aryl methyl sites for hydroxylation is 1. The van der Waals surface area contributed by atoms with Crippen LogP contribution in [0.1, 0.15) is 16.7 Å². The molecule has 0 spiro atoms. The van der Waals surface area contributed by atoms with E-state index in [1.165, 1.54) is 18.3 Å². The molecule has 30 heavy (non-hydrogen) atoms. The van der Waals surface area contributed by atoms with Crippen LogP contribution in [0.25, 0.3) is 0 Å². The van der Waals surface area contributed by atoms with Crippen LogP contribution in [0.2, 0.25) is 0 Å². The van der Waals surface area contributed by atoms with Crippen LogP contribution in [0.3, 0.4) is 0 Å². The summed E-state index contributed by atoms with van der Waals surface area (Å²) in [5.41, 5.74) is 5.46. The number of hydrazone groups is 1. The van der Waals surface area contributed by atoms with Gasteiger partial charge in [-0.2, -0.15) is 13.5 Å². The summed E-state index contributed by atoms with van der Waals surface area (Å²) < 4.78 is 30.1. The van der Waals surface area contributed by atoms with Gasteiger partial charge in [-0.15, -0.1) is 0 Å². The summed E-state index contributed by atoms with van der Waals surface area (Å²) in [7, 11) is -3.91. The Kier molecular flexibility index (Phi) is 7.16. The zero-order valence-electron chi connectivity index (χ0n) is 16.3. The second-order valence-electron chi connectivity index (χ2n) is 6.46. The summed E-state index contributed by atoms with van der Waals surface area (Å²) in [5, 5.41) is 7.51. The van der Waals surface area contributed by atoms with Gasteiger partial charge in [0.1, 0.15) is 10.6 Å². The van der Waals surface area contributed by atoms with E-state index < -0.39 is 10.1 Å². The smallest absolute Gasteiger partial charge is 0.339 e. The SMILES string of the molecule is Cc1ccc(S(=O)(=O)Oc2cccc(/C=N\NC(=S)NCc3ccccc3)c2)cc1. The third kappa shape index (κ3) is 6.40. The molecule has 0 aliphatic heterocycles. The van der Waals surface area contributed by atoms with E-state index in [-0.39, 0.29) is 10.6 Å². The highest BCUT2D eigenvalue weighted by Crippen LogP contribution is 2.19. The van der Waals surface area contributed by atoms with Gasteiger partial charge in [-0.1, -0.05) is 60.2 Å². The van der Waals surface area contributed by atoms with Crippen LogP contribution in [0.15, 0.2) is 88.9 Å². The molecule has 3 rings (SSSR count). The normalized spacial score (nSPS) is 11.2. The van der Waals surface area contributed by atoms with Gasteiger partial charge in [0.05, 0.1) is 6.21 Å². The predicted octanol–water partition coefficient (Wildman–Crippen LogP) is 3.76. The molecule has 0 amide bonds. The Hall–Kier alpha value is -3.23. The highest BCUT2D eigenvalue weighted by atomic mass is 32.2. The summed E-state index contributed by atoms with van der Waals surface area (Å²) in [6, 6.07) is 23.0. The van der Waals surface area contributed by atoms with E-state index in [4.69, 9.17) is 16.4 Å². The van der Waals surface area contributed by atoms with Crippen molar-refractivity contribution in [2.45, 2.75) is 18.4 Å². The van der Waals surface area contributed by atoms with Crippen molar-refractivity contribution in [3.05, 3.63) is 95.6 Å². The number of benzene rings is 3. The van der Waals surface area contributed by atoms with E-state index in [9.17, 15) is 8.42 Å². The molecule has 0 saturated heterocycles. The van der Waals surface area contributed by atoms with Gasteiger partial charge in [0.2, 0.25) is 0 Å². The van der Waals surface area contributed by atoms with E-state index in [2.05, 4.69) is 15.8 Å². The van der Waals surface area contributed by atoms with Crippen LogP contribution >= 0.6 is 12.2 Å². The molecule has 0 aliphatic carbocycles. The average Bonchev–Trinajstić information content (AvgIpc) is 2.73. The predicted molar refractivity (Wildman–Crippen MR) is 122 cm³/mol. The number of hydrogen-bond acceptors (Lipinski definition) is 5. The quantitative estimate of drug-likeness (QED) is 0.253. The van der Waals surface area contributed by atoms with Gasteiger partial charge in [0.15, 0.2) is 5.11 Å². The molecular weight excluding hydrogens is 418 g/mol. The molecule has 154 valence electrons. The van der Waals surface area contributed by atoms with Crippen LogP contribution in [-0.2, 0) is 16.7 Å². The summed E-state index contributed by atoms with van der Waals surface area (Å²) in [6.07, 6.45) is 1.53. The number of nitrogens with one attached hydrogen (secondary N) is 2. The van der Waals surface area contributed by atoms with Crippen molar-refractivity contribution in [2.75, 3.05) is 0 Å². The topological polar surface area (TPSA) is 79.8 Å². The first kappa shape index (κ1) is 21.5. The van der Waals surface area contributed by atoms with E-state index >= 15 is 0 Å². The molecule has 0 radical (unpaired) electrons. The molecule has 8 heteroatoms. The van der Waals surface area contributed by atoms with Crippen LogP contribution in [0.4, 0.5) is 0 Å². The first-order valence-corrected chi connectivity index (χ1v) is 11.0. The largest absolute Gasteiger partial charge is 0.379 e. The maximum atomic E-state index is 12.4. The molecule has 0 aliphatic rings. The number of hydrogen-bond donors (Lipinski definition) is 2. The maximum absolute atomic E-state index is 12.4. The standard InChI is InChI=1S/C22H21N3O3S2/c1-17-10-12-21(13-11-17)30(26,27)28-20-9-5-8-19(14-20)16-24-25-22(29)23-15-18-6-3-2-4-7-18/h2-14,16H,15H2,1H3,(H2,23,25,29)/b24-16-. The second-order valence-corrected chi connectivity index (χ2v) is 8.42. The zero-order chi connectivity index (χ0) is 21.4. The Labute approximate surface area is 181 Å². The fourth-order valence-electron chi connectivity index (χ4n) is 2.51. The van der Waals surface area contributed by atoms with Gasteiger partial charge < -0.3 is 9.50 Å². The highest BCUT2D eigenvalue weighted by Gasteiger charge is 2.16. The Bertz CT molecular complexity index is 1130. The highest BCUT2D eigenvalue weighted by molar-refractivity contribution is 7.87. The van der Waals surface area contributed by atoms with E-state index in [0.717, 1.165) is 11.1 Å². The van der Waals surface area contributed by atoms with Crippen molar-refractivity contribution in [1.29, 1.82) is 0 Å². The van der Waals surface area contributed by atoms with Gasteiger partial charge in [-0.3, -0.25) is 5.43 Å². The molecule has 0 heterocycles. The minimum atomic E-state index is -3.91. The number of rotatable bonds is 7. The van der Waals surface area contributed by atoms with Crippen LogP contribution in [-0.4, -0.2) is 19.7 Å². The molecule has 3 aromatic carbocycles. The van der Waals surface area contributed by atoms with E-state index in [1.807, 2.05) is 37.3 Å². The summed E-state index contributed by atoms with van der Waals surface area (Å²) in [6.45, 7) is 2.47. The van der Waals surface area contributed by atoms with Gasteiger partial charge in [-0.25, -0.2) is 0 Å². The lowest BCUT2D eigenvalue weighted by Crippen LogP contribution is -2.31. The summed E-state index contributed by atoms with van der Waals surface area (Å²) in [4.78, 5) is 0.101. The lowest BCUT2D eigenvalue weighted by Gasteiger charge is -2.08. The molecule has 0 saturated carbocycles. The zero-order valence-corrected chi connectivity index (χ0v) is 17.9. The lowest BCUT2D eigenvalue weighted by molar-refractivity contribution is 0.486. The monoisotopic (exact) mass is 439 g/mol. The molecule has 2 N–H and O–H groups in total. The van der Waals surface area contributed by atoms with Gasteiger partial charge in [0, 0.05) is 6.54 Å². The van der Waals surface area contributed by atoms with Crippen LogP contribution in [0, 0.1) is 6.92 Å². The van der Waals surface area contributed by atoms with E-state index in [0.29, 0.717) is 17.2 Å². The van der Waals surface area contributed by atoms with Crippen molar-refractivity contribution in [3.63, 3.8) is 0 Å². The second kappa shape index (κ2) is 10.00. The molecule has 0 atom stereocenters. The Morgan fingerprint density at radius 3 is 2.50 bits per heavy atom. The molecular formula is C22H21N3O3S2. The lowest BCUT2D eigenvalue weighted by atomic mass is 10.2. The molecule has 6 nitrogen and oxygen atoms in total. The molecule has 0 fully saturated rings. The first-order chi connectivity index (χ1) is 14.4. The minimum Gasteiger partial charge on any atom is -0.379 e. The van der Waals surface area contributed by atoms with E-state index in [1.54, 1.807) is 36.4 Å². The fourth-order valence-corrected chi connectivity index (χ4v) is 3.56. The minimum absolute atomic E-state index is 0.101. The third-order valence-electron chi connectivity index (χ3n) is 4.05. The number of nitrogens with zero attached hydrogens (tertiary/aromatic N) is 1. The molecule has 3 aromatic rings. The Morgan fingerprint density at radius 1 is 1.03 bits per heavy atom. The summed E-state index contributed by atoms with van der Waals surface area (Å²) in [5.74, 6) is 0.198. The van der Waals surface area contributed by atoms with Crippen molar-refractivity contribution in [2.24, 2.45) is 5.10 Å². The molecule has 0 unspecified atom stereocenters. The summed E-state index contributed by atoms with van der Waals surface area (Å²) >= 11 is 5.19. The van der Waals surface area contributed by atoms with Crippen molar-refractivity contribution in [3.8, 4) is 5.75 Å². The first-order valence-electron chi connectivity index (χ1n) is 9.14. The Morgan fingerprint density at radius 2 is 1.77 bits per heavy atom. The molecule has 0 bridgehead atoms. The third-order valence-corrected chi connectivity index (χ3v) is 5.55. The average molecular weight is 440 g/mol. The van der Waals surface area contributed by atoms with Crippen molar-refractivity contribution in [1.82, 2.24) is 10.7 Å². The van der Waals surface area contributed by atoms with Gasteiger partial charge in [-0.05, 0) is 54.5 Å². The van der Waals surface area contributed by atoms with Gasteiger partial charge >= 0.3 is 10.1 Å². The van der Waals surface area contributed by atoms with Crippen LogP contribution < -0.4 is 14.9 Å². The Balaban J connectivity index is 1.57. The van der Waals surface area contributed by atoms with Crippen LogP contribution in [0.5, 0.6) is 5.75 Å². The maximum Gasteiger partial charge on any atom is 0.339 e. The van der Waals surface area contributed by atoms with Gasteiger partial charge in [0.25, 0.3) is 0 Å². The molecule has 0 aromatic heterocycles. The number of thiocarbonyl (C=S) groups is 1.